The van der Waals surface area contributed by atoms with Gasteiger partial charge in [0.1, 0.15) is 5.82 Å². The smallest absolute Gasteiger partial charge is 0.254 e. The summed E-state index contributed by atoms with van der Waals surface area (Å²) < 4.78 is 0. The van der Waals surface area contributed by atoms with Gasteiger partial charge < -0.3 is 4.98 Å². The van der Waals surface area contributed by atoms with Gasteiger partial charge in [-0.2, -0.15) is 0 Å². The lowest BCUT2D eigenvalue weighted by Crippen LogP contribution is -2.14. The second kappa shape index (κ2) is 4.31. The summed E-state index contributed by atoms with van der Waals surface area (Å²) in [5.41, 5.74) is 2.20. The van der Waals surface area contributed by atoms with E-state index in [1.165, 1.54) is 0 Å². The first-order chi connectivity index (χ1) is 9.16. The standard InChI is InChI=1S/C15H13N3O/c1-9-14(17-10(2)18-15(9)19)12-5-3-4-11-6-7-16-8-13(11)12/h3-8H,1-2H3,(H,17,18,19). The van der Waals surface area contributed by atoms with Crippen molar-refractivity contribution in [1.82, 2.24) is 15.0 Å². The second-order valence-corrected chi connectivity index (χ2v) is 4.53. The quantitative estimate of drug-likeness (QED) is 0.723. The first-order valence-electron chi connectivity index (χ1n) is 6.07. The van der Waals surface area contributed by atoms with Gasteiger partial charge in [-0.1, -0.05) is 18.2 Å². The first kappa shape index (κ1) is 11.6. The van der Waals surface area contributed by atoms with Crippen LogP contribution in [-0.2, 0) is 0 Å². The molecule has 0 radical (unpaired) electrons. The van der Waals surface area contributed by atoms with Gasteiger partial charge in [0.05, 0.1) is 5.69 Å². The van der Waals surface area contributed by atoms with E-state index >= 15 is 0 Å². The highest BCUT2D eigenvalue weighted by atomic mass is 16.1. The van der Waals surface area contributed by atoms with Crippen molar-refractivity contribution in [1.29, 1.82) is 0 Å². The lowest BCUT2D eigenvalue weighted by Gasteiger charge is -2.08. The maximum Gasteiger partial charge on any atom is 0.254 e. The highest BCUT2D eigenvalue weighted by Gasteiger charge is 2.11. The SMILES string of the molecule is Cc1nc(-c2cccc3ccncc23)c(C)c(=O)[nH]1. The predicted molar refractivity (Wildman–Crippen MR) is 75.1 cm³/mol. The van der Waals surface area contributed by atoms with Crippen molar-refractivity contribution in [3.63, 3.8) is 0 Å². The molecule has 0 spiro atoms. The molecular formula is C15H13N3O. The number of nitrogens with one attached hydrogen (secondary N) is 1. The third-order valence-corrected chi connectivity index (χ3v) is 3.21. The molecular weight excluding hydrogens is 238 g/mol. The van der Waals surface area contributed by atoms with E-state index in [0.29, 0.717) is 11.4 Å². The molecule has 0 aliphatic rings. The number of aryl methyl sites for hydroxylation is 1. The highest BCUT2D eigenvalue weighted by Crippen LogP contribution is 2.27. The molecule has 0 fully saturated rings. The van der Waals surface area contributed by atoms with Crippen molar-refractivity contribution in [2.75, 3.05) is 0 Å². The van der Waals surface area contributed by atoms with Crippen LogP contribution >= 0.6 is 0 Å². The van der Waals surface area contributed by atoms with Gasteiger partial charge in [-0.3, -0.25) is 9.78 Å². The van der Waals surface area contributed by atoms with Crippen LogP contribution in [0.25, 0.3) is 22.0 Å². The summed E-state index contributed by atoms with van der Waals surface area (Å²) in [5, 5.41) is 2.09. The highest BCUT2D eigenvalue weighted by molar-refractivity contribution is 5.95. The Morgan fingerprint density at radius 3 is 2.84 bits per heavy atom. The first-order valence-corrected chi connectivity index (χ1v) is 6.07. The molecule has 19 heavy (non-hydrogen) atoms. The van der Waals surface area contributed by atoms with E-state index in [1.807, 2.05) is 30.5 Å². The van der Waals surface area contributed by atoms with Gasteiger partial charge in [0.25, 0.3) is 5.56 Å². The minimum Gasteiger partial charge on any atom is -0.311 e. The molecule has 0 saturated heterocycles. The molecule has 2 heterocycles. The van der Waals surface area contributed by atoms with Gasteiger partial charge in [-0.05, 0) is 25.3 Å². The molecule has 2 aromatic heterocycles. The van der Waals surface area contributed by atoms with Crippen LogP contribution in [0.3, 0.4) is 0 Å². The minimum atomic E-state index is -0.0941. The molecule has 1 aromatic carbocycles. The van der Waals surface area contributed by atoms with Gasteiger partial charge >= 0.3 is 0 Å². The Bertz CT molecular complexity index is 816. The number of H-pyrrole nitrogens is 1. The van der Waals surface area contributed by atoms with Crippen LogP contribution in [-0.4, -0.2) is 15.0 Å². The fourth-order valence-electron chi connectivity index (χ4n) is 2.23. The summed E-state index contributed by atoms with van der Waals surface area (Å²) in [6.45, 7) is 3.57. The zero-order valence-electron chi connectivity index (χ0n) is 10.8. The molecule has 0 bridgehead atoms. The Kier molecular flexibility index (Phi) is 2.63. The molecule has 1 N–H and O–H groups in total. The summed E-state index contributed by atoms with van der Waals surface area (Å²) in [7, 11) is 0. The van der Waals surface area contributed by atoms with E-state index in [4.69, 9.17) is 0 Å². The summed E-state index contributed by atoms with van der Waals surface area (Å²) in [6.07, 6.45) is 3.57. The van der Waals surface area contributed by atoms with E-state index in [0.717, 1.165) is 22.0 Å². The Morgan fingerprint density at radius 1 is 1.16 bits per heavy atom. The third kappa shape index (κ3) is 1.91. The zero-order chi connectivity index (χ0) is 13.4. The van der Waals surface area contributed by atoms with Crippen LogP contribution in [0, 0.1) is 13.8 Å². The predicted octanol–water partition coefficient (Wildman–Crippen LogP) is 2.60. The molecule has 0 atom stereocenters. The van der Waals surface area contributed by atoms with E-state index in [2.05, 4.69) is 15.0 Å². The summed E-state index contributed by atoms with van der Waals surface area (Å²) in [6, 6.07) is 7.91. The summed E-state index contributed by atoms with van der Waals surface area (Å²) in [4.78, 5) is 23.2. The zero-order valence-corrected chi connectivity index (χ0v) is 10.8. The molecule has 0 aliphatic carbocycles. The van der Waals surface area contributed by atoms with Crippen LogP contribution in [0.5, 0.6) is 0 Å². The van der Waals surface area contributed by atoms with Gasteiger partial charge in [-0.25, -0.2) is 4.98 Å². The van der Waals surface area contributed by atoms with Gasteiger partial charge in [0, 0.05) is 28.9 Å². The van der Waals surface area contributed by atoms with Crippen LogP contribution in [0.4, 0.5) is 0 Å². The van der Waals surface area contributed by atoms with Crippen molar-refractivity contribution in [3.8, 4) is 11.3 Å². The number of fused-ring (bicyclic) bond motifs is 1. The van der Waals surface area contributed by atoms with Crippen molar-refractivity contribution < 1.29 is 0 Å². The van der Waals surface area contributed by atoms with Gasteiger partial charge in [0.2, 0.25) is 0 Å². The van der Waals surface area contributed by atoms with Crippen LogP contribution in [0.2, 0.25) is 0 Å². The van der Waals surface area contributed by atoms with Gasteiger partial charge in [0.15, 0.2) is 0 Å². The van der Waals surface area contributed by atoms with E-state index in [9.17, 15) is 4.79 Å². The minimum absolute atomic E-state index is 0.0941. The lowest BCUT2D eigenvalue weighted by atomic mass is 10.0. The fraction of sp³-hybridized carbons (Fsp3) is 0.133. The second-order valence-electron chi connectivity index (χ2n) is 4.53. The van der Waals surface area contributed by atoms with Crippen molar-refractivity contribution >= 4 is 10.8 Å². The normalized spacial score (nSPS) is 10.8. The largest absolute Gasteiger partial charge is 0.311 e. The molecule has 0 amide bonds. The van der Waals surface area contributed by atoms with Gasteiger partial charge in [-0.15, -0.1) is 0 Å². The van der Waals surface area contributed by atoms with E-state index in [-0.39, 0.29) is 5.56 Å². The fourth-order valence-corrected chi connectivity index (χ4v) is 2.23. The Balaban J connectivity index is 2.40. The number of pyridine rings is 1. The molecule has 0 unspecified atom stereocenters. The number of hydrogen-bond acceptors (Lipinski definition) is 3. The van der Waals surface area contributed by atoms with Crippen molar-refractivity contribution in [2.24, 2.45) is 0 Å². The number of aromatic amines is 1. The lowest BCUT2D eigenvalue weighted by molar-refractivity contribution is 1.00. The van der Waals surface area contributed by atoms with Crippen LogP contribution < -0.4 is 5.56 Å². The summed E-state index contributed by atoms with van der Waals surface area (Å²) in [5.74, 6) is 0.617. The maximum absolute atomic E-state index is 11.9. The Labute approximate surface area is 110 Å². The number of hydrogen-bond donors (Lipinski definition) is 1. The van der Waals surface area contributed by atoms with E-state index in [1.54, 1.807) is 20.0 Å². The number of benzene rings is 1. The average molecular weight is 251 g/mol. The third-order valence-electron chi connectivity index (χ3n) is 3.21. The summed E-state index contributed by atoms with van der Waals surface area (Å²) >= 11 is 0. The molecule has 3 aromatic rings. The monoisotopic (exact) mass is 251 g/mol. The molecule has 0 aliphatic heterocycles. The molecule has 94 valence electrons. The number of nitrogens with zero attached hydrogens (tertiary/aromatic N) is 2. The molecule has 0 saturated carbocycles. The number of rotatable bonds is 1. The van der Waals surface area contributed by atoms with E-state index < -0.39 is 0 Å². The van der Waals surface area contributed by atoms with Crippen LogP contribution in [0.1, 0.15) is 11.4 Å². The van der Waals surface area contributed by atoms with Crippen LogP contribution in [0.15, 0.2) is 41.5 Å². The molecule has 3 rings (SSSR count). The Hall–Kier alpha value is -2.49. The average Bonchev–Trinajstić information content (AvgIpc) is 2.42. The Morgan fingerprint density at radius 2 is 2.00 bits per heavy atom. The maximum atomic E-state index is 11.9. The van der Waals surface area contributed by atoms with Crippen molar-refractivity contribution in [2.45, 2.75) is 13.8 Å². The number of aromatic nitrogens is 3. The van der Waals surface area contributed by atoms with Crippen molar-refractivity contribution in [3.05, 3.63) is 58.4 Å². The molecule has 4 nitrogen and oxygen atoms in total. The topological polar surface area (TPSA) is 58.6 Å². The molecule has 4 heteroatoms.